The Labute approximate surface area is 106 Å². The van der Waals surface area contributed by atoms with Crippen LogP contribution in [0.2, 0.25) is 5.02 Å². The van der Waals surface area contributed by atoms with Crippen LogP contribution in [0.4, 0.5) is 10.5 Å². The Morgan fingerprint density at radius 2 is 2.12 bits per heavy atom. The van der Waals surface area contributed by atoms with E-state index in [0.29, 0.717) is 5.02 Å². The van der Waals surface area contributed by atoms with Crippen molar-refractivity contribution in [2.24, 2.45) is 0 Å². The summed E-state index contributed by atoms with van der Waals surface area (Å²) < 4.78 is 0. The van der Waals surface area contributed by atoms with Crippen LogP contribution in [0, 0.1) is 6.92 Å². The normalized spacial score (nSPS) is 15.8. The molecule has 4 nitrogen and oxygen atoms in total. The molecule has 1 aliphatic rings. The second kappa shape index (κ2) is 5.38. The number of hydrogen-bond acceptors (Lipinski definition) is 2. The first-order valence-electron chi connectivity index (χ1n) is 5.69. The van der Waals surface area contributed by atoms with Crippen LogP contribution in [0.3, 0.4) is 0 Å². The molecule has 1 aromatic carbocycles. The number of benzene rings is 1. The minimum absolute atomic E-state index is 0.0445. The summed E-state index contributed by atoms with van der Waals surface area (Å²) in [5.74, 6) is 0. The zero-order valence-corrected chi connectivity index (χ0v) is 10.5. The average molecular weight is 254 g/mol. The summed E-state index contributed by atoms with van der Waals surface area (Å²) in [4.78, 5) is 13.8. The van der Waals surface area contributed by atoms with Crippen molar-refractivity contribution in [3.63, 3.8) is 0 Å². The van der Waals surface area contributed by atoms with Gasteiger partial charge < -0.3 is 15.5 Å². The van der Waals surface area contributed by atoms with E-state index in [9.17, 15) is 4.79 Å². The molecule has 2 N–H and O–H groups in total. The van der Waals surface area contributed by atoms with Gasteiger partial charge in [0.25, 0.3) is 0 Å². The van der Waals surface area contributed by atoms with Crippen LogP contribution in [0.5, 0.6) is 0 Å². The van der Waals surface area contributed by atoms with Crippen molar-refractivity contribution in [1.29, 1.82) is 0 Å². The molecule has 0 atom stereocenters. The lowest BCUT2D eigenvalue weighted by Crippen LogP contribution is -2.48. The second-order valence-electron chi connectivity index (χ2n) is 4.13. The Hall–Kier alpha value is -1.26. The number of carbonyl (C=O) groups excluding carboxylic acids is 1. The van der Waals surface area contributed by atoms with Crippen LogP contribution in [-0.4, -0.2) is 37.1 Å². The van der Waals surface area contributed by atoms with Crippen molar-refractivity contribution in [1.82, 2.24) is 10.2 Å². The molecule has 0 saturated carbocycles. The highest BCUT2D eigenvalue weighted by atomic mass is 35.5. The van der Waals surface area contributed by atoms with E-state index in [1.54, 1.807) is 6.07 Å². The molecule has 0 unspecified atom stereocenters. The summed E-state index contributed by atoms with van der Waals surface area (Å²) >= 11 is 5.87. The van der Waals surface area contributed by atoms with E-state index >= 15 is 0 Å². The predicted octanol–water partition coefficient (Wildman–Crippen LogP) is 2.09. The molecule has 0 aliphatic carbocycles. The second-order valence-corrected chi connectivity index (χ2v) is 4.56. The van der Waals surface area contributed by atoms with Gasteiger partial charge in [0.2, 0.25) is 0 Å². The molecular weight excluding hydrogens is 238 g/mol. The lowest BCUT2D eigenvalue weighted by molar-refractivity contribution is 0.204. The fourth-order valence-corrected chi connectivity index (χ4v) is 2.06. The van der Waals surface area contributed by atoms with Gasteiger partial charge in [0.05, 0.1) is 0 Å². The quantitative estimate of drug-likeness (QED) is 0.805. The predicted molar refractivity (Wildman–Crippen MR) is 69.7 cm³/mol. The number of hydrogen-bond donors (Lipinski definition) is 2. The smallest absolute Gasteiger partial charge is 0.321 e. The Morgan fingerprint density at radius 1 is 1.41 bits per heavy atom. The highest BCUT2D eigenvalue weighted by Crippen LogP contribution is 2.19. The fraction of sp³-hybridized carbons (Fsp3) is 0.417. The Bertz CT molecular complexity index is 416. The average Bonchev–Trinajstić information content (AvgIpc) is 2.34. The number of nitrogens with zero attached hydrogens (tertiary/aromatic N) is 1. The minimum atomic E-state index is -0.0445. The van der Waals surface area contributed by atoms with E-state index < -0.39 is 0 Å². The van der Waals surface area contributed by atoms with Crippen molar-refractivity contribution in [2.75, 3.05) is 31.5 Å². The SMILES string of the molecule is Cc1cc(Cl)ccc1NC(=O)N1CCNCC1. The van der Waals surface area contributed by atoms with E-state index in [-0.39, 0.29) is 6.03 Å². The molecule has 5 heteroatoms. The van der Waals surface area contributed by atoms with E-state index in [1.165, 1.54) is 0 Å². The number of rotatable bonds is 1. The van der Waals surface area contributed by atoms with Gasteiger partial charge in [-0.3, -0.25) is 0 Å². The highest BCUT2D eigenvalue weighted by Gasteiger charge is 2.16. The molecule has 1 saturated heterocycles. The molecule has 2 amide bonds. The molecule has 0 radical (unpaired) electrons. The van der Waals surface area contributed by atoms with Crippen molar-refractivity contribution >= 4 is 23.3 Å². The molecule has 1 fully saturated rings. The van der Waals surface area contributed by atoms with Crippen LogP contribution in [0.1, 0.15) is 5.56 Å². The molecule has 0 bridgehead atoms. The molecule has 0 spiro atoms. The van der Waals surface area contributed by atoms with Crippen LogP contribution in [0.25, 0.3) is 0 Å². The van der Waals surface area contributed by atoms with E-state index in [1.807, 2.05) is 24.0 Å². The molecule has 1 heterocycles. The topological polar surface area (TPSA) is 44.4 Å². The number of amides is 2. The van der Waals surface area contributed by atoms with Gasteiger partial charge in [-0.05, 0) is 30.7 Å². The third-order valence-electron chi connectivity index (χ3n) is 2.83. The number of piperazine rings is 1. The number of carbonyl (C=O) groups is 1. The van der Waals surface area contributed by atoms with Crippen LogP contribution in [0.15, 0.2) is 18.2 Å². The van der Waals surface area contributed by atoms with Crippen molar-refractivity contribution in [3.05, 3.63) is 28.8 Å². The van der Waals surface area contributed by atoms with Crippen molar-refractivity contribution in [3.8, 4) is 0 Å². The van der Waals surface area contributed by atoms with Gasteiger partial charge in [-0.15, -0.1) is 0 Å². The standard InChI is InChI=1S/C12H16ClN3O/c1-9-8-10(13)2-3-11(9)15-12(17)16-6-4-14-5-7-16/h2-3,8,14H,4-7H2,1H3,(H,15,17). The molecule has 2 rings (SSSR count). The largest absolute Gasteiger partial charge is 0.322 e. The molecule has 92 valence electrons. The first-order chi connectivity index (χ1) is 8.16. The van der Waals surface area contributed by atoms with Gasteiger partial charge in [-0.1, -0.05) is 11.6 Å². The third-order valence-corrected chi connectivity index (χ3v) is 3.07. The lowest BCUT2D eigenvalue weighted by atomic mass is 10.2. The van der Waals surface area contributed by atoms with Crippen LogP contribution >= 0.6 is 11.6 Å². The summed E-state index contributed by atoms with van der Waals surface area (Å²) in [6.45, 7) is 5.14. The zero-order valence-electron chi connectivity index (χ0n) is 9.79. The Kier molecular flexibility index (Phi) is 3.86. The van der Waals surface area contributed by atoms with Crippen molar-refractivity contribution in [2.45, 2.75) is 6.92 Å². The maximum Gasteiger partial charge on any atom is 0.321 e. The molecule has 17 heavy (non-hydrogen) atoms. The number of nitrogens with one attached hydrogen (secondary N) is 2. The summed E-state index contributed by atoms with van der Waals surface area (Å²) in [6.07, 6.45) is 0. The van der Waals surface area contributed by atoms with Gasteiger partial charge >= 0.3 is 6.03 Å². The van der Waals surface area contributed by atoms with E-state index in [4.69, 9.17) is 11.6 Å². The first kappa shape index (κ1) is 12.2. The fourth-order valence-electron chi connectivity index (χ4n) is 1.83. The molecule has 1 aromatic rings. The lowest BCUT2D eigenvalue weighted by Gasteiger charge is -2.27. The Balaban J connectivity index is 2.02. The highest BCUT2D eigenvalue weighted by molar-refractivity contribution is 6.30. The Morgan fingerprint density at radius 3 is 2.76 bits per heavy atom. The van der Waals surface area contributed by atoms with Crippen LogP contribution in [-0.2, 0) is 0 Å². The molecule has 0 aromatic heterocycles. The summed E-state index contributed by atoms with van der Waals surface area (Å²) in [6, 6.07) is 5.41. The number of halogens is 1. The molecular formula is C12H16ClN3O. The maximum atomic E-state index is 12.0. The van der Waals surface area contributed by atoms with E-state index in [0.717, 1.165) is 37.4 Å². The van der Waals surface area contributed by atoms with E-state index in [2.05, 4.69) is 10.6 Å². The molecule has 1 aliphatic heterocycles. The van der Waals surface area contributed by atoms with Crippen molar-refractivity contribution < 1.29 is 4.79 Å². The van der Waals surface area contributed by atoms with Gasteiger partial charge in [-0.25, -0.2) is 4.79 Å². The summed E-state index contributed by atoms with van der Waals surface area (Å²) in [5, 5.41) is 6.80. The number of urea groups is 1. The summed E-state index contributed by atoms with van der Waals surface area (Å²) in [7, 11) is 0. The zero-order chi connectivity index (χ0) is 12.3. The third kappa shape index (κ3) is 3.11. The van der Waals surface area contributed by atoms with Gasteiger partial charge in [0, 0.05) is 36.9 Å². The first-order valence-corrected chi connectivity index (χ1v) is 6.07. The maximum absolute atomic E-state index is 12.0. The number of aryl methyl sites for hydroxylation is 1. The van der Waals surface area contributed by atoms with Crippen LogP contribution < -0.4 is 10.6 Å². The van der Waals surface area contributed by atoms with Gasteiger partial charge in [0.15, 0.2) is 0 Å². The monoisotopic (exact) mass is 253 g/mol. The van der Waals surface area contributed by atoms with Gasteiger partial charge in [0.1, 0.15) is 0 Å². The summed E-state index contributed by atoms with van der Waals surface area (Å²) in [5.41, 5.74) is 1.79. The number of anilines is 1. The van der Waals surface area contributed by atoms with Gasteiger partial charge in [-0.2, -0.15) is 0 Å². The minimum Gasteiger partial charge on any atom is -0.322 e.